The number of ether oxygens (including phenoxy) is 1. The highest BCUT2D eigenvalue weighted by atomic mass is 32.2. The minimum absolute atomic E-state index is 0.0328. The summed E-state index contributed by atoms with van der Waals surface area (Å²) in [6, 6.07) is 7.18. The van der Waals surface area contributed by atoms with Gasteiger partial charge in [0.15, 0.2) is 9.84 Å². The monoisotopic (exact) mass is 315 g/mol. The molecule has 1 atom stereocenters. The predicted molar refractivity (Wildman–Crippen MR) is 84.0 cm³/mol. The van der Waals surface area contributed by atoms with E-state index in [1.165, 1.54) is 0 Å². The molecule has 0 aliphatic carbocycles. The van der Waals surface area contributed by atoms with Crippen LogP contribution in [0.5, 0.6) is 5.75 Å². The van der Waals surface area contributed by atoms with Gasteiger partial charge in [-0.25, -0.2) is 8.42 Å². The van der Waals surface area contributed by atoms with Gasteiger partial charge in [-0.3, -0.25) is 0 Å². The maximum absolute atomic E-state index is 11.8. The molecule has 0 radical (unpaired) electrons. The third-order valence-electron chi connectivity index (χ3n) is 3.11. The normalized spacial score (nSPS) is 13.1. The second kappa shape index (κ2) is 9.02. The molecule has 6 heteroatoms. The molecule has 1 unspecified atom stereocenters. The Kier molecular flexibility index (Phi) is 7.71. The van der Waals surface area contributed by atoms with E-state index in [2.05, 4.69) is 0 Å². The molecule has 0 aliphatic heterocycles. The van der Waals surface area contributed by atoms with Crippen molar-refractivity contribution in [2.45, 2.75) is 38.8 Å². The molecule has 0 amide bonds. The fourth-order valence-electron chi connectivity index (χ4n) is 1.91. The van der Waals surface area contributed by atoms with Crippen LogP contribution in [0.3, 0.4) is 0 Å². The van der Waals surface area contributed by atoms with Gasteiger partial charge in [0.25, 0.3) is 0 Å². The van der Waals surface area contributed by atoms with Crippen LogP contribution in [-0.4, -0.2) is 37.7 Å². The van der Waals surface area contributed by atoms with Gasteiger partial charge in [-0.1, -0.05) is 31.9 Å². The molecule has 0 aromatic heterocycles. The van der Waals surface area contributed by atoms with Crippen molar-refractivity contribution in [1.82, 2.24) is 0 Å². The van der Waals surface area contributed by atoms with Gasteiger partial charge in [0.05, 0.1) is 11.5 Å². The maximum Gasteiger partial charge on any atom is 0.152 e. The van der Waals surface area contributed by atoms with Crippen molar-refractivity contribution in [2.24, 2.45) is 5.73 Å². The van der Waals surface area contributed by atoms with Gasteiger partial charge in [-0.05, 0) is 24.1 Å². The summed E-state index contributed by atoms with van der Waals surface area (Å²) in [4.78, 5) is 0. The molecule has 21 heavy (non-hydrogen) atoms. The van der Waals surface area contributed by atoms with Gasteiger partial charge in [0.2, 0.25) is 0 Å². The molecule has 0 spiro atoms. The van der Waals surface area contributed by atoms with Crippen LogP contribution in [-0.2, 0) is 16.4 Å². The molecule has 0 aliphatic rings. The van der Waals surface area contributed by atoms with E-state index in [1.54, 1.807) is 12.1 Å². The first-order chi connectivity index (χ1) is 9.96. The summed E-state index contributed by atoms with van der Waals surface area (Å²) >= 11 is 0. The molecule has 0 saturated heterocycles. The number of aliphatic hydroxyl groups excluding tert-OH is 1. The predicted octanol–water partition coefficient (Wildman–Crippen LogP) is 1.49. The number of rotatable bonds is 10. The van der Waals surface area contributed by atoms with E-state index >= 15 is 0 Å². The van der Waals surface area contributed by atoms with Crippen LogP contribution in [0.25, 0.3) is 0 Å². The molecule has 120 valence electrons. The number of sulfone groups is 1. The molecule has 0 bridgehead atoms. The highest BCUT2D eigenvalue weighted by molar-refractivity contribution is 7.91. The smallest absolute Gasteiger partial charge is 0.152 e. The summed E-state index contributed by atoms with van der Waals surface area (Å²) in [6.45, 7) is 2.44. The van der Waals surface area contributed by atoms with Crippen molar-refractivity contribution in [3.63, 3.8) is 0 Å². The van der Waals surface area contributed by atoms with Crippen molar-refractivity contribution in [2.75, 3.05) is 18.1 Å². The highest BCUT2D eigenvalue weighted by Gasteiger charge is 2.17. The molecule has 5 nitrogen and oxygen atoms in total. The summed E-state index contributed by atoms with van der Waals surface area (Å²) in [6.07, 6.45) is 1.50. The number of aliphatic hydroxyl groups is 1. The maximum atomic E-state index is 11.8. The molecular weight excluding hydrogens is 290 g/mol. The highest BCUT2D eigenvalue weighted by Crippen LogP contribution is 2.12. The van der Waals surface area contributed by atoms with Crippen molar-refractivity contribution in [3.8, 4) is 5.75 Å². The van der Waals surface area contributed by atoms with Gasteiger partial charge in [0, 0.05) is 6.54 Å². The van der Waals surface area contributed by atoms with Crippen molar-refractivity contribution in [1.29, 1.82) is 0 Å². The lowest BCUT2D eigenvalue weighted by Crippen LogP contribution is -2.28. The number of nitrogens with two attached hydrogens (primary N) is 1. The van der Waals surface area contributed by atoms with Crippen LogP contribution in [0.15, 0.2) is 24.3 Å². The average molecular weight is 315 g/mol. The Morgan fingerprint density at radius 1 is 1.24 bits per heavy atom. The van der Waals surface area contributed by atoms with E-state index in [0.717, 1.165) is 18.4 Å². The molecule has 1 rings (SSSR count). The molecule has 0 heterocycles. The van der Waals surface area contributed by atoms with E-state index < -0.39 is 15.9 Å². The summed E-state index contributed by atoms with van der Waals surface area (Å²) in [5.74, 6) is 0.468. The lowest BCUT2D eigenvalue weighted by Gasteiger charge is -2.13. The standard InChI is InChI=1S/C15H25NO4S/c1-2-3-4-9-21(18,19)12-14(17)11-20-15-7-5-13(10-16)6-8-15/h5-8,14,17H,2-4,9-12,16H2,1H3. The summed E-state index contributed by atoms with van der Waals surface area (Å²) in [5.41, 5.74) is 6.48. The van der Waals surface area contributed by atoms with E-state index in [-0.39, 0.29) is 18.1 Å². The summed E-state index contributed by atoms with van der Waals surface area (Å²) < 4.78 is 28.9. The third-order valence-corrected chi connectivity index (χ3v) is 4.91. The van der Waals surface area contributed by atoms with Crippen molar-refractivity contribution < 1.29 is 18.3 Å². The molecule has 1 aromatic carbocycles. The topological polar surface area (TPSA) is 89.6 Å². The van der Waals surface area contributed by atoms with E-state index in [0.29, 0.717) is 18.7 Å². The Bertz CT molecular complexity index is 499. The van der Waals surface area contributed by atoms with Crippen molar-refractivity contribution in [3.05, 3.63) is 29.8 Å². The van der Waals surface area contributed by atoms with Gasteiger partial charge in [0.1, 0.15) is 18.5 Å². The van der Waals surface area contributed by atoms with Crippen LogP contribution in [0.4, 0.5) is 0 Å². The van der Waals surface area contributed by atoms with Gasteiger partial charge in [-0.2, -0.15) is 0 Å². The first-order valence-corrected chi connectivity index (χ1v) is 9.09. The van der Waals surface area contributed by atoms with E-state index in [4.69, 9.17) is 10.5 Å². The first-order valence-electron chi connectivity index (χ1n) is 7.27. The number of hydrogen-bond donors (Lipinski definition) is 2. The first kappa shape index (κ1) is 17.9. The fraction of sp³-hybridized carbons (Fsp3) is 0.600. The van der Waals surface area contributed by atoms with Crippen LogP contribution >= 0.6 is 0 Å². The van der Waals surface area contributed by atoms with E-state index in [1.807, 2.05) is 19.1 Å². The van der Waals surface area contributed by atoms with Crippen LogP contribution in [0, 0.1) is 0 Å². The van der Waals surface area contributed by atoms with Crippen LogP contribution in [0.1, 0.15) is 31.7 Å². The molecular formula is C15H25NO4S. The fourth-order valence-corrected chi connectivity index (χ4v) is 3.40. The SMILES string of the molecule is CCCCCS(=O)(=O)CC(O)COc1ccc(CN)cc1. The quantitative estimate of drug-likeness (QED) is 0.639. The van der Waals surface area contributed by atoms with Gasteiger partial charge < -0.3 is 15.6 Å². The largest absolute Gasteiger partial charge is 0.491 e. The molecule has 1 aromatic rings. The zero-order valence-corrected chi connectivity index (χ0v) is 13.3. The number of hydrogen-bond acceptors (Lipinski definition) is 5. The lowest BCUT2D eigenvalue weighted by atomic mass is 10.2. The number of unbranched alkanes of at least 4 members (excludes halogenated alkanes) is 2. The molecule has 0 saturated carbocycles. The van der Waals surface area contributed by atoms with Crippen LogP contribution < -0.4 is 10.5 Å². The van der Waals surface area contributed by atoms with Crippen LogP contribution in [0.2, 0.25) is 0 Å². The second-order valence-electron chi connectivity index (χ2n) is 5.13. The van der Waals surface area contributed by atoms with E-state index in [9.17, 15) is 13.5 Å². The lowest BCUT2D eigenvalue weighted by molar-refractivity contribution is 0.125. The number of benzene rings is 1. The minimum Gasteiger partial charge on any atom is -0.491 e. The van der Waals surface area contributed by atoms with Gasteiger partial charge >= 0.3 is 0 Å². The van der Waals surface area contributed by atoms with Crippen molar-refractivity contribution >= 4 is 9.84 Å². The molecule has 3 N–H and O–H groups in total. The Balaban J connectivity index is 2.37. The Hall–Kier alpha value is -1.11. The Labute approximate surface area is 127 Å². The minimum atomic E-state index is -3.21. The second-order valence-corrected chi connectivity index (χ2v) is 7.36. The average Bonchev–Trinajstić information content (AvgIpc) is 2.45. The third kappa shape index (κ3) is 7.45. The summed E-state index contributed by atoms with van der Waals surface area (Å²) in [7, 11) is -3.21. The zero-order chi connectivity index (χ0) is 15.7. The Morgan fingerprint density at radius 2 is 1.90 bits per heavy atom. The molecule has 0 fully saturated rings. The van der Waals surface area contributed by atoms with Gasteiger partial charge in [-0.15, -0.1) is 0 Å². The zero-order valence-electron chi connectivity index (χ0n) is 12.5. The summed E-state index contributed by atoms with van der Waals surface area (Å²) in [5, 5.41) is 9.78. The Morgan fingerprint density at radius 3 is 2.48 bits per heavy atom.